The Morgan fingerprint density at radius 3 is 2.92 bits per heavy atom. The summed E-state index contributed by atoms with van der Waals surface area (Å²) in [6, 6.07) is 7.17. The van der Waals surface area contributed by atoms with Crippen LogP contribution in [0.1, 0.15) is 17.7 Å². The van der Waals surface area contributed by atoms with Crippen LogP contribution in [-0.2, 0) is 4.79 Å². The number of benzene rings is 1. The molecule has 0 spiro atoms. The minimum Gasteiger partial charge on any atom is -0.398 e. The molecule has 0 aliphatic heterocycles. The monoisotopic (exact) mass is 377 g/mol. The lowest BCUT2D eigenvalue weighted by Crippen LogP contribution is -2.27. The Bertz CT molecular complexity index is 744. The molecule has 0 bridgehead atoms. The van der Waals surface area contributed by atoms with E-state index in [4.69, 9.17) is 17.3 Å². The lowest BCUT2D eigenvalue weighted by Gasteiger charge is -2.11. The number of nitrogen functional groups attached to an aromatic ring is 1. The standard InChI is InChI=1S/C17H24ClN7O/c1-12-9-16(25-24-12)23-17(14-10-13(18)3-4-15(14)19)22-6-2-5-20-7-8-21-11-26/h3-4,9-11,20H,2,5-8,19H2,1H3,(H,21,26)(H2,22,23,24,25). The van der Waals surface area contributed by atoms with E-state index in [9.17, 15) is 4.79 Å². The molecular weight excluding hydrogens is 354 g/mol. The number of nitrogens with two attached hydrogens (primary N) is 1. The second-order valence-electron chi connectivity index (χ2n) is 5.70. The minimum atomic E-state index is 0.589. The van der Waals surface area contributed by atoms with Gasteiger partial charge in [-0.3, -0.25) is 14.9 Å². The maximum atomic E-state index is 10.2. The van der Waals surface area contributed by atoms with E-state index in [0.29, 0.717) is 41.9 Å². The first-order chi connectivity index (χ1) is 12.6. The molecular formula is C17H24ClN7O. The highest BCUT2D eigenvalue weighted by atomic mass is 35.5. The second-order valence-corrected chi connectivity index (χ2v) is 6.14. The van der Waals surface area contributed by atoms with Gasteiger partial charge in [0.05, 0.1) is 0 Å². The van der Waals surface area contributed by atoms with Gasteiger partial charge in [-0.25, -0.2) is 0 Å². The van der Waals surface area contributed by atoms with Gasteiger partial charge < -0.3 is 21.7 Å². The fourth-order valence-corrected chi connectivity index (χ4v) is 2.44. The number of nitrogens with zero attached hydrogens (tertiary/aromatic N) is 2. The van der Waals surface area contributed by atoms with Crippen LogP contribution in [0, 0.1) is 6.92 Å². The van der Waals surface area contributed by atoms with Crippen LogP contribution in [0.15, 0.2) is 29.3 Å². The van der Waals surface area contributed by atoms with Crippen LogP contribution >= 0.6 is 11.6 Å². The number of aryl methyl sites for hydroxylation is 1. The smallest absolute Gasteiger partial charge is 0.207 e. The zero-order chi connectivity index (χ0) is 18.8. The molecule has 8 nitrogen and oxygen atoms in total. The van der Waals surface area contributed by atoms with E-state index in [0.717, 1.165) is 30.8 Å². The number of carbonyl (C=O) groups excluding carboxylic acids is 1. The van der Waals surface area contributed by atoms with Crippen molar-refractivity contribution in [2.75, 3.05) is 37.2 Å². The Morgan fingerprint density at radius 1 is 1.35 bits per heavy atom. The summed E-state index contributed by atoms with van der Waals surface area (Å²) in [6.07, 6.45) is 1.53. The second kappa shape index (κ2) is 10.4. The van der Waals surface area contributed by atoms with Gasteiger partial charge in [-0.15, -0.1) is 0 Å². The van der Waals surface area contributed by atoms with E-state index in [2.05, 4.69) is 31.1 Å². The van der Waals surface area contributed by atoms with Gasteiger partial charge in [0.15, 0.2) is 5.82 Å². The van der Waals surface area contributed by atoms with Gasteiger partial charge in [0.1, 0.15) is 5.84 Å². The average Bonchev–Trinajstić information content (AvgIpc) is 3.03. The van der Waals surface area contributed by atoms with Crippen LogP contribution in [-0.4, -0.2) is 48.6 Å². The number of nitrogens with one attached hydrogen (secondary N) is 4. The van der Waals surface area contributed by atoms with E-state index < -0.39 is 0 Å². The van der Waals surface area contributed by atoms with Crippen molar-refractivity contribution in [1.29, 1.82) is 0 Å². The highest BCUT2D eigenvalue weighted by molar-refractivity contribution is 6.31. The zero-order valence-electron chi connectivity index (χ0n) is 14.7. The molecule has 0 saturated heterocycles. The molecule has 0 atom stereocenters. The fourth-order valence-electron chi connectivity index (χ4n) is 2.27. The quantitative estimate of drug-likeness (QED) is 0.141. The minimum absolute atomic E-state index is 0.589. The predicted molar refractivity (Wildman–Crippen MR) is 106 cm³/mol. The van der Waals surface area contributed by atoms with E-state index in [1.165, 1.54) is 0 Å². The van der Waals surface area contributed by atoms with Crippen LogP contribution in [0.3, 0.4) is 0 Å². The molecule has 0 radical (unpaired) electrons. The van der Waals surface area contributed by atoms with Crippen LogP contribution < -0.4 is 21.7 Å². The summed E-state index contributed by atoms with van der Waals surface area (Å²) in [6.45, 7) is 4.65. The maximum Gasteiger partial charge on any atom is 0.207 e. The highest BCUT2D eigenvalue weighted by Crippen LogP contribution is 2.20. The van der Waals surface area contributed by atoms with Gasteiger partial charge in [0, 0.05) is 47.7 Å². The highest BCUT2D eigenvalue weighted by Gasteiger charge is 2.10. The van der Waals surface area contributed by atoms with Crippen molar-refractivity contribution in [1.82, 2.24) is 20.8 Å². The Kier molecular flexibility index (Phi) is 7.91. The maximum absolute atomic E-state index is 10.2. The number of aromatic nitrogens is 2. The summed E-state index contributed by atoms with van der Waals surface area (Å²) in [7, 11) is 0. The van der Waals surface area contributed by atoms with Crippen molar-refractivity contribution < 1.29 is 4.79 Å². The molecule has 0 saturated carbocycles. The first-order valence-corrected chi connectivity index (χ1v) is 8.74. The van der Waals surface area contributed by atoms with Gasteiger partial charge in [-0.05, 0) is 38.1 Å². The topological polar surface area (TPSA) is 120 Å². The van der Waals surface area contributed by atoms with Crippen LogP contribution in [0.2, 0.25) is 5.02 Å². The SMILES string of the molecule is Cc1cc(N/C(=N/CCCNCCNC=O)c2cc(Cl)ccc2N)n[nH]1. The van der Waals surface area contributed by atoms with Gasteiger partial charge >= 0.3 is 0 Å². The molecule has 2 rings (SSSR count). The van der Waals surface area contributed by atoms with Crippen LogP contribution in [0.4, 0.5) is 11.5 Å². The molecule has 1 amide bonds. The molecule has 26 heavy (non-hydrogen) atoms. The van der Waals surface area contributed by atoms with Gasteiger partial charge in [-0.1, -0.05) is 11.6 Å². The first-order valence-electron chi connectivity index (χ1n) is 8.37. The number of anilines is 2. The predicted octanol–water partition coefficient (Wildman–Crippen LogP) is 1.54. The average molecular weight is 378 g/mol. The molecule has 9 heteroatoms. The van der Waals surface area contributed by atoms with E-state index in [-0.39, 0.29) is 0 Å². The Labute approximate surface area is 157 Å². The summed E-state index contributed by atoms with van der Waals surface area (Å²) in [5.74, 6) is 1.29. The first kappa shape index (κ1) is 19.7. The zero-order valence-corrected chi connectivity index (χ0v) is 15.4. The largest absolute Gasteiger partial charge is 0.398 e. The number of hydrogen-bond acceptors (Lipinski definition) is 5. The number of hydrogen-bond donors (Lipinski definition) is 5. The normalized spacial score (nSPS) is 11.4. The van der Waals surface area contributed by atoms with E-state index in [1.807, 2.05) is 13.0 Å². The molecule has 0 aliphatic rings. The number of amides is 1. The number of amidine groups is 1. The lowest BCUT2D eigenvalue weighted by molar-refractivity contribution is -0.109. The third kappa shape index (κ3) is 6.38. The van der Waals surface area contributed by atoms with Gasteiger partial charge in [0.2, 0.25) is 6.41 Å². The van der Waals surface area contributed by atoms with Crippen molar-refractivity contribution in [3.63, 3.8) is 0 Å². The Balaban J connectivity index is 2.00. The van der Waals surface area contributed by atoms with Crippen molar-refractivity contribution in [3.8, 4) is 0 Å². The third-order valence-corrected chi connectivity index (χ3v) is 3.77. The molecule has 140 valence electrons. The summed E-state index contributed by atoms with van der Waals surface area (Å²) in [4.78, 5) is 14.8. The number of H-pyrrole nitrogens is 1. The van der Waals surface area contributed by atoms with Crippen molar-refractivity contribution in [2.24, 2.45) is 4.99 Å². The number of halogens is 1. The molecule has 6 N–H and O–H groups in total. The Morgan fingerprint density at radius 2 is 2.19 bits per heavy atom. The van der Waals surface area contributed by atoms with Crippen LogP contribution in [0.5, 0.6) is 0 Å². The number of carbonyl (C=O) groups is 1. The number of aromatic amines is 1. The van der Waals surface area contributed by atoms with Gasteiger partial charge in [0.25, 0.3) is 0 Å². The molecule has 0 unspecified atom stereocenters. The van der Waals surface area contributed by atoms with Crippen molar-refractivity contribution in [2.45, 2.75) is 13.3 Å². The summed E-state index contributed by atoms with van der Waals surface area (Å²) < 4.78 is 0. The molecule has 0 fully saturated rings. The van der Waals surface area contributed by atoms with E-state index >= 15 is 0 Å². The Hall–Kier alpha value is -2.58. The molecule has 1 aromatic carbocycles. The molecule has 1 aromatic heterocycles. The third-order valence-electron chi connectivity index (χ3n) is 3.53. The molecule has 2 aromatic rings. The van der Waals surface area contributed by atoms with E-state index in [1.54, 1.807) is 18.2 Å². The van der Waals surface area contributed by atoms with Crippen molar-refractivity contribution >= 4 is 35.4 Å². The summed E-state index contributed by atoms with van der Waals surface area (Å²) in [5.41, 5.74) is 8.36. The van der Waals surface area contributed by atoms with Gasteiger partial charge in [-0.2, -0.15) is 5.10 Å². The van der Waals surface area contributed by atoms with Crippen LogP contribution in [0.25, 0.3) is 0 Å². The molecule has 1 heterocycles. The lowest BCUT2D eigenvalue weighted by atomic mass is 10.1. The number of rotatable bonds is 10. The molecule has 0 aliphatic carbocycles. The summed E-state index contributed by atoms with van der Waals surface area (Å²) >= 11 is 6.11. The summed E-state index contributed by atoms with van der Waals surface area (Å²) in [5, 5.41) is 16.7. The number of aliphatic imine (C=N–C) groups is 1. The van der Waals surface area contributed by atoms with Crippen molar-refractivity contribution in [3.05, 3.63) is 40.5 Å². The fraction of sp³-hybridized carbons (Fsp3) is 0.353.